The van der Waals surface area contributed by atoms with Crippen molar-refractivity contribution in [3.63, 3.8) is 0 Å². The maximum Gasteiger partial charge on any atom is 0.216 e. The summed E-state index contributed by atoms with van der Waals surface area (Å²) in [5.41, 5.74) is 2.31. The van der Waals surface area contributed by atoms with Gasteiger partial charge in [0.1, 0.15) is 12.3 Å². The topological polar surface area (TPSA) is 65.7 Å². The molecule has 1 unspecified atom stereocenters. The van der Waals surface area contributed by atoms with Gasteiger partial charge >= 0.3 is 0 Å². The fraction of sp³-hybridized carbons (Fsp3) is 0.545. The van der Waals surface area contributed by atoms with Gasteiger partial charge in [0, 0.05) is 25.7 Å². The summed E-state index contributed by atoms with van der Waals surface area (Å²) < 4.78 is 5.64. The minimum Gasteiger partial charge on any atom is -0.444 e. The smallest absolute Gasteiger partial charge is 0.216 e. The number of likely N-dealkylation sites (tertiary alicyclic amines) is 1. The molecule has 28 heavy (non-hydrogen) atoms. The number of oxazole rings is 1. The van der Waals surface area contributed by atoms with E-state index in [0.29, 0.717) is 18.5 Å². The van der Waals surface area contributed by atoms with Gasteiger partial charge in [0.25, 0.3) is 0 Å². The maximum absolute atomic E-state index is 5.64. The highest BCUT2D eigenvalue weighted by molar-refractivity contribution is 5.79. The first kappa shape index (κ1) is 20.4. The summed E-state index contributed by atoms with van der Waals surface area (Å²) in [6.45, 7) is 10.3. The van der Waals surface area contributed by atoms with Crippen molar-refractivity contribution < 1.29 is 4.42 Å². The van der Waals surface area contributed by atoms with Gasteiger partial charge in [-0.25, -0.2) is 9.98 Å². The lowest BCUT2D eigenvalue weighted by Crippen LogP contribution is -2.48. The summed E-state index contributed by atoms with van der Waals surface area (Å²) >= 11 is 0. The highest BCUT2D eigenvalue weighted by atomic mass is 16.4. The minimum absolute atomic E-state index is 0.447. The largest absolute Gasteiger partial charge is 0.444 e. The highest BCUT2D eigenvalue weighted by Crippen LogP contribution is 2.19. The molecule has 1 fully saturated rings. The van der Waals surface area contributed by atoms with Gasteiger partial charge in [0.15, 0.2) is 5.96 Å². The fourth-order valence-corrected chi connectivity index (χ4v) is 3.63. The molecule has 0 radical (unpaired) electrons. The Morgan fingerprint density at radius 2 is 2.04 bits per heavy atom. The Morgan fingerprint density at radius 1 is 1.21 bits per heavy atom. The van der Waals surface area contributed by atoms with Crippen LogP contribution in [-0.4, -0.2) is 41.5 Å². The van der Waals surface area contributed by atoms with Crippen molar-refractivity contribution in [2.24, 2.45) is 4.99 Å². The number of hydrogen-bond acceptors (Lipinski definition) is 4. The van der Waals surface area contributed by atoms with E-state index in [0.717, 1.165) is 43.6 Å². The van der Waals surface area contributed by atoms with Crippen LogP contribution in [0.1, 0.15) is 49.1 Å². The Labute approximate surface area is 168 Å². The SMILES string of the molecule is CCNC(=NCc1nc(C)c(C)o1)NCC1CCCCN1Cc1ccccc1. The predicted molar refractivity (Wildman–Crippen MR) is 113 cm³/mol. The summed E-state index contributed by atoms with van der Waals surface area (Å²) in [5.74, 6) is 2.35. The van der Waals surface area contributed by atoms with Gasteiger partial charge in [0.05, 0.1) is 5.69 Å². The first-order valence-corrected chi connectivity index (χ1v) is 10.4. The van der Waals surface area contributed by atoms with Gasteiger partial charge in [-0.05, 0) is 45.7 Å². The second-order valence-electron chi connectivity index (χ2n) is 7.43. The van der Waals surface area contributed by atoms with Crippen LogP contribution in [0.15, 0.2) is 39.7 Å². The first-order chi connectivity index (χ1) is 13.7. The van der Waals surface area contributed by atoms with E-state index in [4.69, 9.17) is 4.42 Å². The monoisotopic (exact) mass is 383 g/mol. The van der Waals surface area contributed by atoms with Crippen LogP contribution < -0.4 is 10.6 Å². The molecule has 0 saturated carbocycles. The minimum atomic E-state index is 0.447. The van der Waals surface area contributed by atoms with Crippen LogP contribution in [-0.2, 0) is 13.1 Å². The predicted octanol–water partition coefficient (Wildman–Crippen LogP) is 3.40. The Balaban J connectivity index is 1.58. The molecule has 1 aliphatic rings. The van der Waals surface area contributed by atoms with Crippen LogP contribution in [0.2, 0.25) is 0 Å². The normalized spacial score (nSPS) is 18.2. The number of rotatable bonds is 7. The van der Waals surface area contributed by atoms with E-state index < -0.39 is 0 Å². The number of aromatic nitrogens is 1. The number of hydrogen-bond donors (Lipinski definition) is 2. The van der Waals surface area contributed by atoms with Gasteiger partial charge in [-0.3, -0.25) is 4.90 Å². The summed E-state index contributed by atoms with van der Waals surface area (Å²) in [5, 5.41) is 6.85. The van der Waals surface area contributed by atoms with Crippen molar-refractivity contribution in [1.82, 2.24) is 20.5 Å². The lowest BCUT2D eigenvalue weighted by atomic mass is 10.0. The van der Waals surface area contributed by atoms with Crippen LogP contribution in [0.4, 0.5) is 0 Å². The number of nitrogens with one attached hydrogen (secondary N) is 2. The number of piperidine rings is 1. The molecule has 1 saturated heterocycles. The van der Waals surface area contributed by atoms with Crippen molar-refractivity contribution in [2.45, 2.75) is 59.2 Å². The number of benzene rings is 1. The molecule has 2 heterocycles. The average molecular weight is 384 g/mol. The zero-order valence-electron chi connectivity index (χ0n) is 17.4. The highest BCUT2D eigenvalue weighted by Gasteiger charge is 2.22. The van der Waals surface area contributed by atoms with Gasteiger partial charge in [-0.15, -0.1) is 0 Å². The lowest BCUT2D eigenvalue weighted by molar-refractivity contribution is 0.141. The zero-order valence-corrected chi connectivity index (χ0v) is 17.4. The van der Waals surface area contributed by atoms with Gasteiger partial charge in [-0.2, -0.15) is 0 Å². The van der Waals surface area contributed by atoms with Crippen molar-refractivity contribution in [2.75, 3.05) is 19.6 Å². The van der Waals surface area contributed by atoms with Crippen molar-refractivity contribution in [3.05, 3.63) is 53.2 Å². The van der Waals surface area contributed by atoms with Crippen LogP contribution in [0.5, 0.6) is 0 Å². The van der Waals surface area contributed by atoms with E-state index >= 15 is 0 Å². The summed E-state index contributed by atoms with van der Waals surface area (Å²) in [4.78, 5) is 11.7. The molecule has 6 heteroatoms. The van der Waals surface area contributed by atoms with Crippen molar-refractivity contribution in [3.8, 4) is 0 Å². The molecular formula is C22H33N5O. The zero-order chi connectivity index (χ0) is 19.8. The molecule has 0 spiro atoms. The molecule has 152 valence electrons. The van der Waals surface area contributed by atoms with Crippen molar-refractivity contribution in [1.29, 1.82) is 0 Å². The number of guanidine groups is 1. The van der Waals surface area contributed by atoms with Gasteiger partial charge in [-0.1, -0.05) is 36.8 Å². The standard InChI is InChI=1S/C22H33N5O/c1-4-23-22(25-15-21-26-17(2)18(3)28-21)24-14-20-12-8-9-13-27(20)16-19-10-6-5-7-11-19/h5-7,10-11,20H,4,8-9,12-16H2,1-3H3,(H2,23,24,25). The van der Waals surface area contributed by atoms with Crippen molar-refractivity contribution >= 4 is 5.96 Å². The first-order valence-electron chi connectivity index (χ1n) is 10.4. The molecular weight excluding hydrogens is 350 g/mol. The van der Waals surface area contributed by atoms with Crippen LogP contribution in [0.25, 0.3) is 0 Å². The van der Waals surface area contributed by atoms with Crippen LogP contribution in [0.3, 0.4) is 0 Å². The molecule has 1 aromatic carbocycles. The number of aryl methyl sites for hydroxylation is 2. The van der Waals surface area contributed by atoms with E-state index in [1.54, 1.807) is 0 Å². The second-order valence-corrected chi connectivity index (χ2v) is 7.43. The molecule has 6 nitrogen and oxygen atoms in total. The molecule has 3 rings (SSSR count). The molecule has 0 bridgehead atoms. The third-order valence-corrected chi connectivity index (χ3v) is 5.27. The summed E-state index contributed by atoms with van der Waals surface area (Å²) in [7, 11) is 0. The maximum atomic E-state index is 5.64. The summed E-state index contributed by atoms with van der Waals surface area (Å²) in [6, 6.07) is 11.3. The Kier molecular flexibility index (Phi) is 7.48. The molecule has 0 amide bonds. The van der Waals surface area contributed by atoms with E-state index in [9.17, 15) is 0 Å². The van der Waals surface area contributed by atoms with E-state index in [1.807, 2.05) is 13.8 Å². The van der Waals surface area contributed by atoms with Gasteiger partial charge in [0.2, 0.25) is 5.89 Å². The van der Waals surface area contributed by atoms with Gasteiger partial charge < -0.3 is 15.1 Å². The van der Waals surface area contributed by atoms with Crippen LogP contribution in [0, 0.1) is 13.8 Å². The lowest BCUT2D eigenvalue weighted by Gasteiger charge is -2.36. The molecule has 1 atom stereocenters. The van der Waals surface area contributed by atoms with E-state index in [2.05, 4.69) is 62.8 Å². The quantitative estimate of drug-likeness (QED) is 0.567. The third-order valence-electron chi connectivity index (χ3n) is 5.27. The Morgan fingerprint density at radius 3 is 2.75 bits per heavy atom. The summed E-state index contributed by atoms with van der Waals surface area (Å²) in [6.07, 6.45) is 3.79. The van der Waals surface area contributed by atoms with Crippen LogP contribution >= 0.6 is 0 Å². The van der Waals surface area contributed by atoms with E-state index in [1.165, 1.54) is 24.8 Å². The number of aliphatic imine (C=N–C) groups is 1. The molecule has 0 aliphatic carbocycles. The second kappa shape index (κ2) is 10.3. The molecule has 1 aromatic heterocycles. The average Bonchev–Trinajstić information content (AvgIpc) is 3.03. The third kappa shape index (κ3) is 5.83. The molecule has 1 aliphatic heterocycles. The molecule has 2 aromatic rings. The Bertz CT molecular complexity index is 736. The fourth-order valence-electron chi connectivity index (χ4n) is 3.63. The number of nitrogens with zero attached hydrogens (tertiary/aromatic N) is 3. The van der Waals surface area contributed by atoms with E-state index in [-0.39, 0.29) is 0 Å². The molecule has 2 N–H and O–H groups in total. The Hall–Kier alpha value is -2.34.